The monoisotopic (exact) mass is 403 g/mol. The van der Waals surface area contributed by atoms with E-state index in [-0.39, 0.29) is 30.3 Å². The van der Waals surface area contributed by atoms with Crippen LogP contribution in [-0.4, -0.2) is 21.0 Å². The van der Waals surface area contributed by atoms with Crippen LogP contribution in [0.5, 0.6) is 5.75 Å². The Kier molecular flexibility index (Phi) is 6.00. The molecule has 29 heavy (non-hydrogen) atoms. The van der Waals surface area contributed by atoms with Crippen LogP contribution in [0.2, 0.25) is 0 Å². The van der Waals surface area contributed by atoms with Crippen molar-refractivity contribution >= 4 is 5.78 Å². The number of carbonyl (C=O) groups excluding carboxylic acids is 1. The molecule has 0 saturated heterocycles. The highest BCUT2D eigenvalue weighted by Crippen LogP contribution is 2.33. The van der Waals surface area contributed by atoms with Crippen LogP contribution >= 0.6 is 0 Å². The van der Waals surface area contributed by atoms with Gasteiger partial charge >= 0.3 is 6.18 Å². The first-order chi connectivity index (χ1) is 13.8. The van der Waals surface area contributed by atoms with Crippen molar-refractivity contribution in [3.05, 3.63) is 76.9 Å². The van der Waals surface area contributed by atoms with Gasteiger partial charge in [-0.25, -0.2) is 0 Å². The highest BCUT2D eigenvalue weighted by atomic mass is 19.4. The van der Waals surface area contributed by atoms with Crippen molar-refractivity contribution in [1.82, 2.24) is 15.2 Å². The molecule has 0 spiro atoms. The van der Waals surface area contributed by atoms with Crippen molar-refractivity contribution in [2.45, 2.75) is 39.0 Å². The molecule has 1 unspecified atom stereocenters. The maximum absolute atomic E-state index is 13.1. The Bertz CT molecular complexity index is 981. The normalized spacial score (nSPS) is 12.6. The van der Waals surface area contributed by atoms with E-state index in [1.165, 1.54) is 31.3 Å². The second-order valence-electron chi connectivity index (χ2n) is 6.75. The summed E-state index contributed by atoms with van der Waals surface area (Å²) in [4.78, 5) is 16.1. The summed E-state index contributed by atoms with van der Waals surface area (Å²) in [5, 5.41) is 6.88. The number of alkyl halides is 3. The number of hydrogen-bond donors (Lipinski definition) is 1. The molecule has 0 aliphatic carbocycles. The number of ether oxygens (including phenoxy) is 1. The molecule has 3 rings (SSSR count). The third kappa shape index (κ3) is 5.01. The van der Waals surface area contributed by atoms with E-state index in [2.05, 4.69) is 15.2 Å². The van der Waals surface area contributed by atoms with E-state index >= 15 is 0 Å². The van der Waals surface area contributed by atoms with E-state index in [0.717, 1.165) is 17.3 Å². The fraction of sp³-hybridized carbons (Fsp3) is 0.286. The largest absolute Gasteiger partial charge is 0.487 e. The highest BCUT2D eigenvalue weighted by molar-refractivity contribution is 5.77. The van der Waals surface area contributed by atoms with Crippen molar-refractivity contribution < 1.29 is 22.7 Å². The molecule has 0 radical (unpaired) electrons. The fourth-order valence-electron chi connectivity index (χ4n) is 3.15. The number of aromatic nitrogens is 3. The number of carbonyl (C=O) groups is 1. The summed E-state index contributed by atoms with van der Waals surface area (Å²) >= 11 is 0. The number of aromatic amines is 1. The Balaban J connectivity index is 1.77. The summed E-state index contributed by atoms with van der Waals surface area (Å²) in [6.45, 7) is 3.13. The molecule has 0 aliphatic heterocycles. The average molecular weight is 403 g/mol. The maximum Gasteiger partial charge on any atom is 0.416 e. The van der Waals surface area contributed by atoms with Crippen LogP contribution in [0.25, 0.3) is 0 Å². The minimum atomic E-state index is -4.44. The molecule has 5 nitrogen and oxygen atoms in total. The van der Waals surface area contributed by atoms with Crippen LogP contribution in [-0.2, 0) is 17.6 Å². The van der Waals surface area contributed by atoms with Crippen LogP contribution in [0.4, 0.5) is 13.2 Å². The van der Waals surface area contributed by atoms with Crippen LogP contribution in [0.3, 0.4) is 0 Å². The van der Waals surface area contributed by atoms with E-state index in [0.29, 0.717) is 11.4 Å². The minimum Gasteiger partial charge on any atom is -0.487 e. The number of H-pyrrole nitrogens is 1. The van der Waals surface area contributed by atoms with Crippen molar-refractivity contribution in [2.24, 2.45) is 0 Å². The van der Waals surface area contributed by atoms with Gasteiger partial charge in [-0.1, -0.05) is 18.2 Å². The number of Topliss-reactive ketones (excluding diaryl/α,β-unsaturated/α-hetero) is 1. The zero-order valence-electron chi connectivity index (χ0n) is 16.0. The van der Waals surface area contributed by atoms with Gasteiger partial charge in [0.2, 0.25) is 0 Å². The first-order valence-electron chi connectivity index (χ1n) is 8.99. The van der Waals surface area contributed by atoms with Crippen LogP contribution in [0, 0.1) is 6.92 Å². The quantitative estimate of drug-likeness (QED) is 0.614. The summed E-state index contributed by atoms with van der Waals surface area (Å²) in [7, 11) is 0. The SMILES string of the molecule is CC(=O)CC(c1ccc(OCc2ccccc2C(F)(F)F)cn1)c1c[nH]nc1C. The standard InChI is InChI=1S/C21H20F3N3O2/c1-13(28)9-17(18-11-26-27-14(18)2)20-8-7-16(10-25-20)29-12-15-5-3-4-6-19(15)21(22,23)24/h3-8,10-11,17H,9,12H2,1-2H3,(H,26,27). The summed E-state index contributed by atoms with van der Waals surface area (Å²) in [5.74, 6) is 0.101. The lowest BCUT2D eigenvalue weighted by Crippen LogP contribution is -2.11. The van der Waals surface area contributed by atoms with Gasteiger partial charge in [-0.15, -0.1) is 0 Å². The lowest BCUT2D eigenvalue weighted by Gasteiger charge is -2.16. The number of pyridine rings is 1. The van der Waals surface area contributed by atoms with Gasteiger partial charge in [0, 0.05) is 35.4 Å². The zero-order valence-corrected chi connectivity index (χ0v) is 16.0. The second-order valence-corrected chi connectivity index (χ2v) is 6.75. The molecular weight excluding hydrogens is 383 g/mol. The summed E-state index contributed by atoms with van der Waals surface area (Å²) in [5.41, 5.74) is 1.64. The molecule has 1 atom stereocenters. The zero-order chi connectivity index (χ0) is 21.0. The Hall–Kier alpha value is -3.16. The number of ketones is 1. The molecule has 0 bridgehead atoms. The van der Waals surface area contributed by atoms with E-state index in [9.17, 15) is 18.0 Å². The Morgan fingerprint density at radius 2 is 1.97 bits per heavy atom. The first-order valence-corrected chi connectivity index (χ1v) is 8.99. The number of nitrogens with one attached hydrogen (secondary N) is 1. The molecule has 0 amide bonds. The molecule has 8 heteroatoms. The Morgan fingerprint density at radius 1 is 1.21 bits per heavy atom. The summed E-state index contributed by atoms with van der Waals surface area (Å²) in [6.07, 6.45) is -0.978. The van der Waals surface area contributed by atoms with Crippen LogP contribution < -0.4 is 4.74 Å². The Morgan fingerprint density at radius 3 is 2.55 bits per heavy atom. The average Bonchev–Trinajstić information content (AvgIpc) is 3.10. The second kappa shape index (κ2) is 8.46. The van der Waals surface area contributed by atoms with Crippen LogP contribution in [0.1, 0.15) is 47.3 Å². The number of hydrogen-bond acceptors (Lipinski definition) is 4. The molecule has 2 heterocycles. The van der Waals surface area contributed by atoms with Gasteiger partial charge < -0.3 is 4.74 Å². The predicted octanol–water partition coefficient (Wildman–Crippen LogP) is 4.82. The van der Waals surface area contributed by atoms with Crippen molar-refractivity contribution in [3.8, 4) is 5.75 Å². The van der Waals surface area contributed by atoms with Gasteiger partial charge in [-0.05, 0) is 32.0 Å². The third-order valence-corrected chi connectivity index (χ3v) is 4.57. The van der Waals surface area contributed by atoms with E-state index in [1.54, 1.807) is 18.3 Å². The highest BCUT2D eigenvalue weighted by Gasteiger charge is 2.33. The predicted molar refractivity (Wildman–Crippen MR) is 100 cm³/mol. The molecule has 0 fully saturated rings. The van der Waals surface area contributed by atoms with Crippen molar-refractivity contribution in [2.75, 3.05) is 0 Å². The van der Waals surface area contributed by atoms with Crippen LogP contribution in [0.15, 0.2) is 48.8 Å². The van der Waals surface area contributed by atoms with Crippen molar-refractivity contribution in [3.63, 3.8) is 0 Å². The third-order valence-electron chi connectivity index (χ3n) is 4.57. The van der Waals surface area contributed by atoms with Gasteiger partial charge in [0.25, 0.3) is 0 Å². The lowest BCUT2D eigenvalue weighted by atomic mass is 9.91. The molecular formula is C21H20F3N3O2. The van der Waals surface area contributed by atoms with Gasteiger partial charge in [-0.2, -0.15) is 18.3 Å². The molecule has 1 N–H and O–H groups in total. The number of nitrogens with zero attached hydrogens (tertiary/aromatic N) is 2. The van der Waals surface area contributed by atoms with Gasteiger partial charge in [0.1, 0.15) is 18.1 Å². The van der Waals surface area contributed by atoms with Crippen molar-refractivity contribution in [1.29, 1.82) is 0 Å². The lowest BCUT2D eigenvalue weighted by molar-refractivity contribution is -0.138. The van der Waals surface area contributed by atoms with E-state index < -0.39 is 11.7 Å². The molecule has 0 aliphatic rings. The van der Waals surface area contributed by atoms with Gasteiger partial charge in [0.05, 0.1) is 17.5 Å². The smallest absolute Gasteiger partial charge is 0.416 e. The number of rotatable bonds is 7. The molecule has 3 aromatic rings. The summed E-state index contributed by atoms with van der Waals surface area (Å²) < 4.78 is 44.8. The van der Waals surface area contributed by atoms with Gasteiger partial charge in [0.15, 0.2) is 0 Å². The number of benzene rings is 1. The first kappa shape index (κ1) is 20.6. The molecule has 2 aromatic heterocycles. The number of halogens is 3. The van der Waals surface area contributed by atoms with Gasteiger partial charge in [-0.3, -0.25) is 14.9 Å². The fourth-order valence-corrected chi connectivity index (χ4v) is 3.15. The Labute approximate surface area is 165 Å². The summed E-state index contributed by atoms with van der Waals surface area (Å²) in [6, 6.07) is 8.64. The number of aryl methyl sites for hydroxylation is 1. The molecule has 0 saturated carbocycles. The molecule has 1 aromatic carbocycles. The van der Waals surface area contributed by atoms with E-state index in [1.807, 2.05) is 6.92 Å². The molecule has 152 valence electrons. The maximum atomic E-state index is 13.1. The topological polar surface area (TPSA) is 67.9 Å². The minimum absolute atomic E-state index is 0.0153. The van der Waals surface area contributed by atoms with E-state index in [4.69, 9.17) is 4.74 Å².